The second-order valence-electron chi connectivity index (χ2n) is 5.75. The van der Waals surface area contributed by atoms with Crippen molar-refractivity contribution < 1.29 is 8.78 Å². The minimum absolute atomic E-state index is 0.0621. The Kier molecular flexibility index (Phi) is 3.78. The van der Waals surface area contributed by atoms with Crippen molar-refractivity contribution >= 4 is 11.4 Å². The first-order chi connectivity index (χ1) is 9.65. The molecule has 0 radical (unpaired) electrons. The summed E-state index contributed by atoms with van der Waals surface area (Å²) in [5.74, 6) is 0. The van der Waals surface area contributed by atoms with Gasteiger partial charge in [-0.15, -0.1) is 0 Å². The zero-order valence-corrected chi connectivity index (χ0v) is 11.6. The van der Waals surface area contributed by atoms with Crippen LogP contribution in [-0.4, -0.2) is 37.1 Å². The van der Waals surface area contributed by atoms with Crippen LogP contribution in [0.15, 0.2) is 18.2 Å². The molecule has 0 aliphatic carbocycles. The van der Waals surface area contributed by atoms with Crippen LogP contribution < -0.4 is 10.6 Å². The SMILES string of the molecule is Nc1ccc(N2CCC(N3CCCC3)C2)c(C(F)F)c1. The highest BCUT2D eigenvalue weighted by molar-refractivity contribution is 5.60. The second-order valence-corrected chi connectivity index (χ2v) is 5.75. The standard InChI is InChI=1S/C15H21F2N3/c16-15(17)13-9-11(18)3-4-14(13)20-8-5-12(10-20)19-6-1-2-7-19/h3-4,9,12,15H,1-2,5-8,10,18H2. The molecule has 5 heteroatoms. The fourth-order valence-corrected chi connectivity index (χ4v) is 3.40. The molecule has 0 bridgehead atoms. The van der Waals surface area contributed by atoms with Crippen LogP contribution in [0.4, 0.5) is 20.2 Å². The van der Waals surface area contributed by atoms with Crippen molar-refractivity contribution in [2.24, 2.45) is 0 Å². The van der Waals surface area contributed by atoms with Gasteiger partial charge in [0.25, 0.3) is 6.43 Å². The maximum absolute atomic E-state index is 13.2. The number of nitrogen functional groups attached to an aromatic ring is 1. The lowest BCUT2D eigenvalue weighted by Gasteiger charge is -2.25. The molecule has 2 fully saturated rings. The molecule has 2 aliphatic heterocycles. The second kappa shape index (κ2) is 5.56. The lowest BCUT2D eigenvalue weighted by molar-refractivity contribution is 0.152. The van der Waals surface area contributed by atoms with Gasteiger partial charge < -0.3 is 10.6 Å². The van der Waals surface area contributed by atoms with Gasteiger partial charge in [-0.2, -0.15) is 0 Å². The van der Waals surface area contributed by atoms with E-state index in [1.165, 1.54) is 18.9 Å². The highest BCUT2D eigenvalue weighted by atomic mass is 19.3. The van der Waals surface area contributed by atoms with Gasteiger partial charge in [-0.3, -0.25) is 4.90 Å². The van der Waals surface area contributed by atoms with Crippen LogP contribution in [0.5, 0.6) is 0 Å². The fourth-order valence-electron chi connectivity index (χ4n) is 3.40. The number of likely N-dealkylation sites (tertiary alicyclic amines) is 1. The first-order valence-electron chi connectivity index (χ1n) is 7.32. The minimum Gasteiger partial charge on any atom is -0.399 e. The largest absolute Gasteiger partial charge is 0.399 e. The van der Waals surface area contributed by atoms with Gasteiger partial charge in [-0.1, -0.05) is 0 Å². The van der Waals surface area contributed by atoms with Crippen LogP contribution in [0.1, 0.15) is 31.3 Å². The molecule has 2 saturated heterocycles. The molecule has 3 rings (SSSR count). The van der Waals surface area contributed by atoms with Crippen LogP contribution in [-0.2, 0) is 0 Å². The molecular weight excluding hydrogens is 260 g/mol. The van der Waals surface area contributed by atoms with E-state index in [1.807, 2.05) is 0 Å². The molecule has 0 amide bonds. The molecule has 0 spiro atoms. The number of hydrogen-bond donors (Lipinski definition) is 1. The number of nitrogens with two attached hydrogens (primary N) is 1. The summed E-state index contributed by atoms with van der Waals surface area (Å²) in [6.07, 6.45) is 1.12. The minimum atomic E-state index is -2.47. The summed E-state index contributed by atoms with van der Waals surface area (Å²) in [5, 5.41) is 0. The predicted molar refractivity (Wildman–Crippen MR) is 77.2 cm³/mol. The third-order valence-corrected chi connectivity index (χ3v) is 4.45. The molecule has 0 aromatic heterocycles. The Morgan fingerprint density at radius 2 is 1.90 bits per heavy atom. The molecule has 2 N–H and O–H groups in total. The molecule has 3 nitrogen and oxygen atoms in total. The Hall–Kier alpha value is -1.36. The number of nitrogens with zero attached hydrogens (tertiary/aromatic N) is 2. The molecule has 2 aliphatic rings. The molecular formula is C15H21F2N3. The van der Waals surface area contributed by atoms with E-state index >= 15 is 0 Å². The summed E-state index contributed by atoms with van der Waals surface area (Å²) >= 11 is 0. The number of halogens is 2. The third kappa shape index (κ3) is 2.59. The lowest BCUT2D eigenvalue weighted by atomic mass is 10.1. The van der Waals surface area contributed by atoms with Crippen LogP contribution in [0.25, 0.3) is 0 Å². The first kappa shape index (κ1) is 13.6. The van der Waals surface area contributed by atoms with E-state index in [4.69, 9.17) is 5.73 Å². The van der Waals surface area contributed by atoms with Crippen molar-refractivity contribution in [3.8, 4) is 0 Å². The predicted octanol–water partition coefficient (Wildman–Crippen LogP) is 2.88. The summed E-state index contributed by atoms with van der Waals surface area (Å²) < 4.78 is 26.3. The number of rotatable bonds is 3. The van der Waals surface area contributed by atoms with Crippen molar-refractivity contribution in [1.29, 1.82) is 0 Å². The molecule has 110 valence electrons. The van der Waals surface area contributed by atoms with Crippen molar-refractivity contribution in [2.75, 3.05) is 36.8 Å². The van der Waals surface area contributed by atoms with Gasteiger partial charge in [-0.05, 0) is 50.6 Å². The van der Waals surface area contributed by atoms with E-state index in [0.717, 1.165) is 32.6 Å². The average molecular weight is 281 g/mol. The normalized spacial score (nSPS) is 23.9. The Morgan fingerprint density at radius 1 is 1.15 bits per heavy atom. The van der Waals surface area contributed by atoms with Gasteiger partial charge in [-0.25, -0.2) is 8.78 Å². The van der Waals surface area contributed by atoms with E-state index in [2.05, 4.69) is 9.80 Å². The molecule has 1 aromatic carbocycles. The molecule has 1 unspecified atom stereocenters. The van der Waals surface area contributed by atoms with Gasteiger partial charge in [0.15, 0.2) is 0 Å². The monoisotopic (exact) mass is 281 g/mol. The highest BCUT2D eigenvalue weighted by Gasteiger charge is 2.31. The zero-order chi connectivity index (χ0) is 14.1. The van der Waals surface area contributed by atoms with Crippen molar-refractivity contribution in [3.05, 3.63) is 23.8 Å². The van der Waals surface area contributed by atoms with E-state index in [1.54, 1.807) is 12.1 Å². The van der Waals surface area contributed by atoms with E-state index in [0.29, 0.717) is 17.4 Å². The Bertz CT molecular complexity index is 472. The smallest absolute Gasteiger partial charge is 0.265 e. The van der Waals surface area contributed by atoms with Crippen molar-refractivity contribution in [3.63, 3.8) is 0 Å². The van der Waals surface area contributed by atoms with Gasteiger partial charge in [0.05, 0.1) is 0 Å². The summed E-state index contributed by atoms with van der Waals surface area (Å²) in [6, 6.07) is 5.37. The molecule has 1 atom stereocenters. The summed E-state index contributed by atoms with van der Waals surface area (Å²) in [7, 11) is 0. The third-order valence-electron chi connectivity index (χ3n) is 4.45. The number of benzene rings is 1. The summed E-state index contributed by atoms with van der Waals surface area (Å²) in [5.41, 5.74) is 6.74. The lowest BCUT2D eigenvalue weighted by Crippen LogP contribution is -2.35. The summed E-state index contributed by atoms with van der Waals surface area (Å²) in [4.78, 5) is 4.59. The van der Waals surface area contributed by atoms with Crippen LogP contribution in [0, 0.1) is 0 Å². The van der Waals surface area contributed by atoms with Gasteiger partial charge in [0.2, 0.25) is 0 Å². The first-order valence-corrected chi connectivity index (χ1v) is 7.32. The molecule has 2 heterocycles. The zero-order valence-electron chi connectivity index (χ0n) is 11.6. The van der Waals surface area contributed by atoms with Gasteiger partial charge in [0, 0.05) is 36.1 Å². The summed E-state index contributed by atoms with van der Waals surface area (Å²) in [6.45, 7) is 4.01. The van der Waals surface area contributed by atoms with Crippen LogP contribution >= 0.6 is 0 Å². The average Bonchev–Trinajstić information content (AvgIpc) is 3.09. The molecule has 20 heavy (non-hydrogen) atoms. The number of hydrogen-bond acceptors (Lipinski definition) is 3. The maximum atomic E-state index is 13.2. The molecule has 1 aromatic rings. The van der Waals surface area contributed by atoms with E-state index in [9.17, 15) is 8.78 Å². The van der Waals surface area contributed by atoms with E-state index in [-0.39, 0.29) is 5.56 Å². The Labute approximate surface area is 118 Å². The Balaban J connectivity index is 1.77. The Morgan fingerprint density at radius 3 is 2.60 bits per heavy atom. The topological polar surface area (TPSA) is 32.5 Å². The van der Waals surface area contributed by atoms with E-state index < -0.39 is 6.43 Å². The number of alkyl halides is 2. The van der Waals surface area contributed by atoms with Crippen LogP contribution in [0.2, 0.25) is 0 Å². The molecule has 0 saturated carbocycles. The van der Waals surface area contributed by atoms with Gasteiger partial charge in [0.1, 0.15) is 0 Å². The van der Waals surface area contributed by atoms with Crippen LogP contribution in [0.3, 0.4) is 0 Å². The highest BCUT2D eigenvalue weighted by Crippen LogP contribution is 2.34. The van der Waals surface area contributed by atoms with Crippen molar-refractivity contribution in [1.82, 2.24) is 4.90 Å². The quantitative estimate of drug-likeness (QED) is 0.865. The number of anilines is 2. The fraction of sp³-hybridized carbons (Fsp3) is 0.600. The maximum Gasteiger partial charge on any atom is 0.265 e. The van der Waals surface area contributed by atoms with Crippen molar-refractivity contribution in [2.45, 2.75) is 31.7 Å². The van der Waals surface area contributed by atoms with Gasteiger partial charge >= 0.3 is 0 Å².